The van der Waals surface area contributed by atoms with E-state index in [1.807, 2.05) is 0 Å². The highest BCUT2D eigenvalue weighted by molar-refractivity contribution is 6.28. The van der Waals surface area contributed by atoms with E-state index in [2.05, 4.69) is 9.97 Å². The number of ether oxygens (including phenoxy) is 1. The van der Waals surface area contributed by atoms with Crippen LogP contribution in [-0.2, 0) is 0 Å². The monoisotopic (exact) mass is 267 g/mol. The molecule has 0 saturated carbocycles. The lowest BCUT2D eigenvalue weighted by molar-refractivity contribution is -0.140. The van der Waals surface area contributed by atoms with E-state index >= 15 is 0 Å². The fourth-order valence-corrected chi connectivity index (χ4v) is 1.76. The van der Waals surface area contributed by atoms with Crippen LogP contribution in [0.15, 0.2) is 6.20 Å². The zero-order valence-corrected chi connectivity index (χ0v) is 9.59. The molecule has 1 aromatic rings. The van der Waals surface area contributed by atoms with E-state index in [0.29, 0.717) is 5.75 Å². The first-order valence-corrected chi connectivity index (χ1v) is 5.19. The van der Waals surface area contributed by atoms with Gasteiger partial charge in [0.2, 0.25) is 5.28 Å². The summed E-state index contributed by atoms with van der Waals surface area (Å²) in [5.74, 6) is 0.626. The van der Waals surface area contributed by atoms with Crippen LogP contribution in [0.2, 0.25) is 5.28 Å². The molecule has 0 fully saturated rings. The SMILES string of the molecule is CN1c2nc(Cl)ncc2OCC1CC(F)(F)F. The highest BCUT2D eigenvalue weighted by Gasteiger charge is 2.37. The minimum absolute atomic E-state index is 0.0214. The Kier molecular flexibility index (Phi) is 3.03. The smallest absolute Gasteiger partial charge is 0.391 e. The van der Waals surface area contributed by atoms with E-state index in [9.17, 15) is 13.2 Å². The Morgan fingerprint density at radius 3 is 2.94 bits per heavy atom. The second kappa shape index (κ2) is 4.21. The van der Waals surface area contributed by atoms with Gasteiger partial charge in [-0.05, 0) is 11.6 Å². The van der Waals surface area contributed by atoms with Crippen molar-refractivity contribution in [3.05, 3.63) is 11.5 Å². The fraction of sp³-hybridized carbons (Fsp3) is 0.556. The molecule has 0 N–H and O–H groups in total. The van der Waals surface area contributed by atoms with Crippen molar-refractivity contribution in [3.8, 4) is 5.75 Å². The molecule has 0 amide bonds. The Balaban J connectivity index is 2.23. The lowest BCUT2D eigenvalue weighted by Gasteiger charge is -2.34. The number of fused-ring (bicyclic) bond motifs is 1. The molecule has 0 aliphatic carbocycles. The van der Waals surface area contributed by atoms with Crippen molar-refractivity contribution < 1.29 is 17.9 Å². The van der Waals surface area contributed by atoms with Gasteiger partial charge in [0.15, 0.2) is 11.6 Å². The predicted molar refractivity (Wildman–Crippen MR) is 55.4 cm³/mol. The van der Waals surface area contributed by atoms with E-state index in [4.69, 9.17) is 16.3 Å². The molecule has 2 heterocycles. The Bertz CT molecular complexity index is 426. The van der Waals surface area contributed by atoms with Crippen molar-refractivity contribution in [1.82, 2.24) is 9.97 Å². The first-order chi connectivity index (χ1) is 7.87. The van der Waals surface area contributed by atoms with Crippen LogP contribution in [0.1, 0.15) is 6.42 Å². The van der Waals surface area contributed by atoms with Crippen molar-refractivity contribution in [1.29, 1.82) is 0 Å². The maximum absolute atomic E-state index is 12.3. The average molecular weight is 268 g/mol. The third-order valence-electron chi connectivity index (χ3n) is 2.49. The van der Waals surface area contributed by atoms with Gasteiger partial charge in [0.05, 0.1) is 18.7 Å². The minimum atomic E-state index is -4.24. The largest absolute Gasteiger partial charge is 0.486 e. The van der Waals surface area contributed by atoms with Gasteiger partial charge in [0.1, 0.15) is 6.61 Å². The van der Waals surface area contributed by atoms with Crippen LogP contribution in [0.25, 0.3) is 0 Å². The van der Waals surface area contributed by atoms with Gasteiger partial charge in [0.25, 0.3) is 0 Å². The standard InChI is InChI=1S/C9H9ClF3N3O/c1-16-5(2-9(11,12)13)4-17-6-3-14-8(10)15-7(6)16/h3,5H,2,4H2,1H3. The lowest BCUT2D eigenvalue weighted by atomic mass is 10.1. The van der Waals surface area contributed by atoms with Crippen LogP contribution in [-0.4, -0.2) is 35.8 Å². The molecule has 0 spiro atoms. The Labute approximate surface area is 100 Å². The number of rotatable bonds is 1. The molecule has 94 valence electrons. The van der Waals surface area contributed by atoms with Crippen molar-refractivity contribution in [2.75, 3.05) is 18.6 Å². The second-order valence-electron chi connectivity index (χ2n) is 3.72. The summed E-state index contributed by atoms with van der Waals surface area (Å²) in [5.41, 5.74) is 0. The van der Waals surface area contributed by atoms with E-state index in [1.54, 1.807) is 0 Å². The van der Waals surface area contributed by atoms with Gasteiger partial charge in [-0.25, -0.2) is 4.98 Å². The van der Waals surface area contributed by atoms with Gasteiger partial charge in [-0.15, -0.1) is 0 Å². The van der Waals surface area contributed by atoms with Crippen molar-refractivity contribution in [2.24, 2.45) is 0 Å². The minimum Gasteiger partial charge on any atom is -0.486 e. The van der Waals surface area contributed by atoms with Crippen LogP contribution in [0, 0.1) is 0 Å². The number of halogens is 4. The maximum Gasteiger partial charge on any atom is 0.391 e. The summed E-state index contributed by atoms with van der Waals surface area (Å²) in [6.45, 7) is -0.0476. The van der Waals surface area contributed by atoms with E-state index in [-0.39, 0.29) is 17.7 Å². The van der Waals surface area contributed by atoms with Crippen molar-refractivity contribution >= 4 is 17.4 Å². The van der Waals surface area contributed by atoms with Gasteiger partial charge < -0.3 is 9.64 Å². The zero-order valence-electron chi connectivity index (χ0n) is 8.83. The molecular weight excluding hydrogens is 259 g/mol. The Morgan fingerprint density at radius 2 is 2.29 bits per heavy atom. The molecule has 0 radical (unpaired) electrons. The summed E-state index contributed by atoms with van der Waals surface area (Å²) in [4.78, 5) is 8.99. The summed E-state index contributed by atoms with van der Waals surface area (Å²) in [7, 11) is 1.53. The molecule has 0 aromatic carbocycles. The summed E-state index contributed by atoms with van der Waals surface area (Å²) in [6, 6.07) is -0.798. The molecule has 0 bridgehead atoms. The zero-order chi connectivity index (χ0) is 12.6. The predicted octanol–water partition coefficient (Wildman–Crippen LogP) is 2.28. The Hall–Kier alpha value is -1.24. The number of hydrogen-bond donors (Lipinski definition) is 0. The summed E-state index contributed by atoms with van der Waals surface area (Å²) in [6.07, 6.45) is -3.84. The fourth-order valence-electron chi connectivity index (χ4n) is 1.63. The van der Waals surface area contributed by atoms with Crippen molar-refractivity contribution in [2.45, 2.75) is 18.6 Å². The molecule has 8 heteroatoms. The topological polar surface area (TPSA) is 38.2 Å². The molecular formula is C9H9ClF3N3O. The summed E-state index contributed by atoms with van der Waals surface area (Å²) < 4.78 is 42.2. The van der Waals surface area contributed by atoms with Crippen LogP contribution in [0.3, 0.4) is 0 Å². The highest BCUT2D eigenvalue weighted by atomic mass is 35.5. The number of nitrogens with zero attached hydrogens (tertiary/aromatic N) is 3. The van der Waals surface area contributed by atoms with Gasteiger partial charge in [-0.2, -0.15) is 18.2 Å². The molecule has 4 nitrogen and oxygen atoms in total. The summed E-state index contributed by atoms with van der Waals surface area (Å²) in [5, 5.41) is -0.0214. The number of alkyl halides is 3. The number of hydrogen-bond acceptors (Lipinski definition) is 4. The quantitative estimate of drug-likeness (QED) is 0.732. The van der Waals surface area contributed by atoms with E-state index in [0.717, 1.165) is 0 Å². The molecule has 0 saturated heterocycles. The lowest BCUT2D eigenvalue weighted by Crippen LogP contribution is -2.43. The van der Waals surface area contributed by atoms with Gasteiger partial charge >= 0.3 is 6.18 Å². The first-order valence-electron chi connectivity index (χ1n) is 4.82. The molecule has 1 aromatic heterocycles. The first kappa shape index (κ1) is 12.2. The molecule has 1 aliphatic rings. The molecule has 1 unspecified atom stereocenters. The average Bonchev–Trinajstić information content (AvgIpc) is 2.21. The van der Waals surface area contributed by atoms with Crippen LogP contribution in [0.4, 0.5) is 19.0 Å². The van der Waals surface area contributed by atoms with Gasteiger partial charge in [-0.3, -0.25) is 0 Å². The number of likely N-dealkylation sites (N-methyl/N-ethyl adjacent to an activating group) is 1. The number of aromatic nitrogens is 2. The van der Waals surface area contributed by atoms with Gasteiger partial charge in [0, 0.05) is 7.05 Å². The van der Waals surface area contributed by atoms with Crippen molar-refractivity contribution in [3.63, 3.8) is 0 Å². The molecule has 2 rings (SSSR count). The maximum atomic E-state index is 12.3. The van der Waals surface area contributed by atoms with E-state index in [1.165, 1.54) is 18.1 Å². The Morgan fingerprint density at radius 1 is 1.59 bits per heavy atom. The van der Waals surface area contributed by atoms with E-state index < -0.39 is 18.6 Å². The highest BCUT2D eigenvalue weighted by Crippen LogP contribution is 2.34. The third-order valence-corrected chi connectivity index (χ3v) is 2.67. The molecule has 1 aliphatic heterocycles. The molecule has 17 heavy (non-hydrogen) atoms. The number of anilines is 1. The second-order valence-corrected chi connectivity index (χ2v) is 4.06. The van der Waals surface area contributed by atoms with Crippen LogP contribution >= 0.6 is 11.6 Å². The molecule has 1 atom stereocenters. The van der Waals surface area contributed by atoms with Gasteiger partial charge in [-0.1, -0.05) is 0 Å². The third kappa shape index (κ3) is 2.71. The van der Waals surface area contributed by atoms with Crippen LogP contribution in [0.5, 0.6) is 5.75 Å². The normalized spacial score (nSPS) is 19.8. The summed E-state index contributed by atoms with van der Waals surface area (Å²) >= 11 is 5.60. The van der Waals surface area contributed by atoms with Crippen LogP contribution < -0.4 is 9.64 Å².